The number of nitrogens with two attached hydrogens (primary N) is 1. The van der Waals surface area contributed by atoms with E-state index < -0.39 is 11.5 Å². The van der Waals surface area contributed by atoms with Crippen molar-refractivity contribution in [3.8, 4) is 11.5 Å². The first-order chi connectivity index (χ1) is 7.42. The average molecular weight is 262 g/mol. The summed E-state index contributed by atoms with van der Waals surface area (Å²) >= 11 is 0. The standard InChI is InChI=1S/C12H19NO3.ClH/c1-12(2,7-14)11(13)9-5-4-8(16-3)6-10(9)15;/h4-6,11,14-15H,7,13H2,1-3H3;1H/t11-;/m1./s1. The number of rotatable bonds is 4. The van der Waals surface area contributed by atoms with Crippen molar-refractivity contribution < 1.29 is 14.9 Å². The van der Waals surface area contributed by atoms with Gasteiger partial charge in [0.25, 0.3) is 0 Å². The zero-order valence-electron chi connectivity index (χ0n) is 10.3. The molecule has 17 heavy (non-hydrogen) atoms. The zero-order valence-corrected chi connectivity index (χ0v) is 11.1. The number of phenolic OH excluding ortho intramolecular Hbond substituents is 1. The van der Waals surface area contributed by atoms with Crippen molar-refractivity contribution in [3.05, 3.63) is 23.8 Å². The number of hydrogen-bond acceptors (Lipinski definition) is 4. The lowest BCUT2D eigenvalue weighted by atomic mass is 9.81. The number of aliphatic hydroxyl groups is 1. The SMILES string of the molecule is COc1ccc([C@@H](N)C(C)(C)CO)c(O)c1.Cl. The third kappa shape index (κ3) is 3.49. The fraction of sp³-hybridized carbons (Fsp3) is 0.500. The maximum Gasteiger partial charge on any atom is 0.124 e. The molecule has 0 fully saturated rings. The quantitative estimate of drug-likeness (QED) is 0.773. The Hall–Kier alpha value is -0.970. The van der Waals surface area contributed by atoms with Gasteiger partial charge in [0.1, 0.15) is 11.5 Å². The third-order valence-electron chi connectivity index (χ3n) is 2.82. The van der Waals surface area contributed by atoms with Gasteiger partial charge in [-0.05, 0) is 6.07 Å². The number of phenols is 1. The van der Waals surface area contributed by atoms with E-state index in [0.717, 1.165) is 0 Å². The molecule has 0 unspecified atom stereocenters. The summed E-state index contributed by atoms with van der Waals surface area (Å²) in [6, 6.07) is 4.55. The molecule has 0 amide bonds. The molecule has 4 N–H and O–H groups in total. The smallest absolute Gasteiger partial charge is 0.124 e. The fourth-order valence-corrected chi connectivity index (χ4v) is 1.43. The monoisotopic (exact) mass is 261 g/mol. The number of hydrogen-bond donors (Lipinski definition) is 3. The van der Waals surface area contributed by atoms with Gasteiger partial charge in [-0.3, -0.25) is 0 Å². The Kier molecular flexibility index (Phi) is 5.75. The van der Waals surface area contributed by atoms with E-state index in [-0.39, 0.29) is 24.8 Å². The molecule has 4 nitrogen and oxygen atoms in total. The van der Waals surface area contributed by atoms with Crippen molar-refractivity contribution in [2.45, 2.75) is 19.9 Å². The molecule has 0 aromatic heterocycles. The molecule has 0 bridgehead atoms. The molecule has 1 atom stereocenters. The highest BCUT2D eigenvalue weighted by Gasteiger charge is 2.28. The van der Waals surface area contributed by atoms with Crippen LogP contribution in [0.1, 0.15) is 25.5 Å². The van der Waals surface area contributed by atoms with Gasteiger partial charge in [-0.15, -0.1) is 12.4 Å². The number of aromatic hydroxyl groups is 1. The van der Waals surface area contributed by atoms with Crippen LogP contribution in [-0.4, -0.2) is 23.9 Å². The minimum Gasteiger partial charge on any atom is -0.507 e. The van der Waals surface area contributed by atoms with Crippen molar-refractivity contribution in [2.24, 2.45) is 11.1 Å². The molecule has 0 aliphatic rings. The number of aliphatic hydroxyl groups excluding tert-OH is 1. The number of methoxy groups -OCH3 is 1. The Labute approximate surface area is 108 Å². The number of ether oxygens (including phenoxy) is 1. The molecule has 0 saturated carbocycles. The molecule has 1 rings (SSSR count). The summed E-state index contributed by atoms with van der Waals surface area (Å²) < 4.78 is 4.99. The van der Waals surface area contributed by atoms with Gasteiger partial charge < -0.3 is 20.7 Å². The van der Waals surface area contributed by atoms with Crippen LogP contribution in [0, 0.1) is 5.41 Å². The fourth-order valence-electron chi connectivity index (χ4n) is 1.43. The molecule has 0 heterocycles. The van der Waals surface area contributed by atoms with Crippen LogP contribution >= 0.6 is 12.4 Å². The van der Waals surface area contributed by atoms with Crippen molar-refractivity contribution in [1.29, 1.82) is 0 Å². The summed E-state index contributed by atoms with van der Waals surface area (Å²) in [6.07, 6.45) is 0. The van der Waals surface area contributed by atoms with E-state index in [1.807, 2.05) is 13.8 Å². The van der Waals surface area contributed by atoms with Crippen molar-refractivity contribution >= 4 is 12.4 Å². The summed E-state index contributed by atoms with van der Waals surface area (Å²) in [5.74, 6) is 0.670. The Morgan fingerprint density at radius 2 is 2.00 bits per heavy atom. The van der Waals surface area contributed by atoms with E-state index in [1.165, 1.54) is 13.2 Å². The molecule has 0 aliphatic heterocycles. The van der Waals surface area contributed by atoms with Gasteiger partial charge in [0, 0.05) is 29.7 Å². The molecular formula is C12H20ClNO3. The molecule has 5 heteroatoms. The zero-order chi connectivity index (χ0) is 12.3. The summed E-state index contributed by atoms with van der Waals surface area (Å²) in [5, 5.41) is 19.0. The molecule has 0 radical (unpaired) electrons. The van der Waals surface area contributed by atoms with Crippen LogP contribution in [0.2, 0.25) is 0 Å². The van der Waals surface area contributed by atoms with Crippen LogP contribution in [0.15, 0.2) is 18.2 Å². The van der Waals surface area contributed by atoms with Gasteiger partial charge in [-0.2, -0.15) is 0 Å². The molecule has 1 aromatic carbocycles. The Balaban J connectivity index is 0.00000256. The number of halogens is 1. The van der Waals surface area contributed by atoms with E-state index in [4.69, 9.17) is 10.5 Å². The van der Waals surface area contributed by atoms with Crippen LogP contribution in [-0.2, 0) is 0 Å². The van der Waals surface area contributed by atoms with E-state index in [2.05, 4.69) is 0 Å². The third-order valence-corrected chi connectivity index (χ3v) is 2.82. The van der Waals surface area contributed by atoms with Gasteiger partial charge in [0.05, 0.1) is 7.11 Å². The Morgan fingerprint density at radius 3 is 2.41 bits per heavy atom. The van der Waals surface area contributed by atoms with E-state index in [0.29, 0.717) is 11.3 Å². The largest absolute Gasteiger partial charge is 0.507 e. The summed E-state index contributed by atoms with van der Waals surface area (Å²) in [7, 11) is 1.53. The second-order valence-electron chi connectivity index (χ2n) is 4.55. The molecule has 0 saturated heterocycles. The van der Waals surface area contributed by atoms with Gasteiger partial charge in [0.2, 0.25) is 0 Å². The predicted octanol–water partition coefficient (Wildman–Crippen LogP) is 1.84. The van der Waals surface area contributed by atoms with Gasteiger partial charge in [-0.25, -0.2) is 0 Å². The molecule has 98 valence electrons. The van der Waals surface area contributed by atoms with E-state index in [9.17, 15) is 10.2 Å². The lowest BCUT2D eigenvalue weighted by molar-refractivity contribution is 0.131. The van der Waals surface area contributed by atoms with E-state index >= 15 is 0 Å². The van der Waals surface area contributed by atoms with E-state index in [1.54, 1.807) is 12.1 Å². The van der Waals surface area contributed by atoms with Crippen LogP contribution in [0.3, 0.4) is 0 Å². The first-order valence-electron chi connectivity index (χ1n) is 5.15. The normalized spacial score (nSPS) is 12.8. The first-order valence-corrected chi connectivity index (χ1v) is 5.15. The van der Waals surface area contributed by atoms with Gasteiger partial charge in [0.15, 0.2) is 0 Å². The van der Waals surface area contributed by atoms with Crippen LogP contribution < -0.4 is 10.5 Å². The number of benzene rings is 1. The Bertz CT molecular complexity index is 369. The Morgan fingerprint density at radius 1 is 1.41 bits per heavy atom. The molecule has 1 aromatic rings. The van der Waals surface area contributed by atoms with Crippen molar-refractivity contribution in [1.82, 2.24) is 0 Å². The second kappa shape index (κ2) is 6.10. The predicted molar refractivity (Wildman–Crippen MR) is 69.7 cm³/mol. The highest BCUT2D eigenvalue weighted by molar-refractivity contribution is 5.85. The minimum absolute atomic E-state index is 0. The molecule has 0 spiro atoms. The minimum atomic E-state index is -0.480. The summed E-state index contributed by atoms with van der Waals surface area (Å²) in [6.45, 7) is 3.66. The van der Waals surface area contributed by atoms with Crippen LogP contribution in [0.25, 0.3) is 0 Å². The summed E-state index contributed by atoms with van der Waals surface area (Å²) in [4.78, 5) is 0. The second-order valence-corrected chi connectivity index (χ2v) is 4.55. The lowest BCUT2D eigenvalue weighted by Crippen LogP contribution is -2.32. The highest BCUT2D eigenvalue weighted by atomic mass is 35.5. The maximum absolute atomic E-state index is 9.81. The van der Waals surface area contributed by atoms with Crippen LogP contribution in [0.4, 0.5) is 0 Å². The highest BCUT2D eigenvalue weighted by Crippen LogP contribution is 2.36. The maximum atomic E-state index is 9.81. The average Bonchev–Trinajstić information content (AvgIpc) is 2.28. The van der Waals surface area contributed by atoms with Gasteiger partial charge in [-0.1, -0.05) is 19.9 Å². The topological polar surface area (TPSA) is 75.7 Å². The summed E-state index contributed by atoms with van der Waals surface area (Å²) in [5.41, 5.74) is 6.15. The van der Waals surface area contributed by atoms with Crippen LogP contribution in [0.5, 0.6) is 11.5 Å². The van der Waals surface area contributed by atoms with Crippen molar-refractivity contribution in [3.63, 3.8) is 0 Å². The molecular weight excluding hydrogens is 242 g/mol. The van der Waals surface area contributed by atoms with Crippen molar-refractivity contribution in [2.75, 3.05) is 13.7 Å². The molecule has 0 aliphatic carbocycles. The lowest BCUT2D eigenvalue weighted by Gasteiger charge is -2.30. The van der Waals surface area contributed by atoms with Gasteiger partial charge >= 0.3 is 0 Å². The first kappa shape index (κ1) is 16.0.